The maximum atomic E-state index is 15.0. The summed E-state index contributed by atoms with van der Waals surface area (Å²) >= 11 is 0. The Balaban J connectivity index is 1.98. The number of alkyl halides is 7. The SMILES string of the molecule is NC(=O)c1ccc(C(Cc2ccccc2)(NC(=O)c2ccc(F)c(C(F)(F)F)c2)c2cc(F)cc(OC(F)(F)C(F)F)c2)cc1. The molecule has 5 nitrogen and oxygen atoms in total. The first-order valence-corrected chi connectivity index (χ1v) is 12.8. The molecule has 45 heavy (non-hydrogen) atoms. The molecule has 14 heteroatoms. The third-order valence-electron chi connectivity index (χ3n) is 6.71. The van der Waals surface area contributed by atoms with E-state index >= 15 is 0 Å². The van der Waals surface area contributed by atoms with Crippen LogP contribution in [0.3, 0.4) is 0 Å². The van der Waals surface area contributed by atoms with Gasteiger partial charge in [-0.05, 0) is 59.2 Å². The number of halogens is 9. The number of hydrogen-bond acceptors (Lipinski definition) is 3. The van der Waals surface area contributed by atoms with Gasteiger partial charge in [0.15, 0.2) is 0 Å². The summed E-state index contributed by atoms with van der Waals surface area (Å²) in [7, 11) is 0. The lowest BCUT2D eigenvalue weighted by Gasteiger charge is -2.37. The van der Waals surface area contributed by atoms with Crippen molar-refractivity contribution in [3.8, 4) is 5.75 Å². The summed E-state index contributed by atoms with van der Waals surface area (Å²) in [6.45, 7) is 0. The molecule has 236 valence electrons. The van der Waals surface area contributed by atoms with E-state index in [1.165, 1.54) is 24.3 Å². The molecule has 4 aromatic carbocycles. The van der Waals surface area contributed by atoms with Gasteiger partial charge in [0.1, 0.15) is 17.4 Å². The van der Waals surface area contributed by atoms with E-state index in [-0.39, 0.29) is 29.2 Å². The Morgan fingerprint density at radius 1 is 0.778 bits per heavy atom. The van der Waals surface area contributed by atoms with E-state index in [1.54, 1.807) is 30.3 Å². The summed E-state index contributed by atoms with van der Waals surface area (Å²) < 4.78 is 127. The molecule has 0 bridgehead atoms. The lowest BCUT2D eigenvalue weighted by atomic mass is 9.77. The van der Waals surface area contributed by atoms with E-state index in [0.717, 1.165) is 18.2 Å². The molecule has 3 N–H and O–H groups in total. The minimum absolute atomic E-state index is 0.0214. The molecule has 4 rings (SSSR count). The molecule has 2 amide bonds. The molecule has 4 aromatic rings. The van der Waals surface area contributed by atoms with Crippen LogP contribution in [0.15, 0.2) is 91.0 Å². The maximum Gasteiger partial charge on any atom is 0.461 e. The highest BCUT2D eigenvalue weighted by Crippen LogP contribution is 2.39. The van der Waals surface area contributed by atoms with E-state index < -0.39 is 64.6 Å². The number of amides is 2. The fourth-order valence-electron chi connectivity index (χ4n) is 4.60. The molecule has 1 atom stereocenters. The smallest absolute Gasteiger partial charge is 0.428 e. The van der Waals surface area contributed by atoms with Crippen molar-refractivity contribution in [2.24, 2.45) is 5.73 Å². The molecule has 0 aliphatic heterocycles. The highest BCUT2D eigenvalue weighted by atomic mass is 19.4. The van der Waals surface area contributed by atoms with Gasteiger partial charge < -0.3 is 15.8 Å². The predicted octanol–water partition coefficient (Wildman–Crippen LogP) is 7.24. The molecule has 0 saturated carbocycles. The average molecular weight is 641 g/mol. The Morgan fingerprint density at radius 3 is 1.98 bits per heavy atom. The third-order valence-corrected chi connectivity index (χ3v) is 6.71. The van der Waals surface area contributed by atoms with Crippen LogP contribution in [0, 0.1) is 11.6 Å². The molecular weight excluding hydrogens is 619 g/mol. The van der Waals surface area contributed by atoms with Crippen molar-refractivity contribution >= 4 is 11.8 Å². The minimum Gasteiger partial charge on any atom is -0.428 e. The number of hydrogen-bond donors (Lipinski definition) is 2. The second kappa shape index (κ2) is 12.5. The number of primary amides is 1. The summed E-state index contributed by atoms with van der Waals surface area (Å²) in [6.07, 6.45) is -14.9. The number of rotatable bonds is 10. The van der Waals surface area contributed by atoms with Gasteiger partial charge in [0.25, 0.3) is 5.91 Å². The fourth-order valence-corrected chi connectivity index (χ4v) is 4.60. The molecule has 1 unspecified atom stereocenters. The van der Waals surface area contributed by atoms with Gasteiger partial charge in [0.05, 0.1) is 11.1 Å². The van der Waals surface area contributed by atoms with Crippen molar-refractivity contribution in [3.63, 3.8) is 0 Å². The zero-order valence-electron chi connectivity index (χ0n) is 22.6. The number of nitrogens with two attached hydrogens (primary N) is 1. The number of carbonyl (C=O) groups is 2. The van der Waals surface area contributed by atoms with Crippen molar-refractivity contribution in [1.82, 2.24) is 5.32 Å². The van der Waals surface area contributed by atoms with Crippen molar-refractivity contribution in [3.05, 3.63) is 136 Å². The third kappa shape index (κ3) is 7.39. The number of carbonyl (C=O) groups excluding carboxylic acids is 2. The minimum atomic E-state index is -5.18. The van der Waals surface area contributed by atoms with Crippen LogP contribution >= 0.6 is 0 Å². The van der Waals surface area contributed by atoms with Crippen molar-refractivity contribution in [2.75, 3.05) is 0 Å². The van der Waals surface area contributed by atoms with Crippen molar-refractivity contribution < 1.29 is 53.8 Å². The topological polar surface area (TPSA) is 81.4 Å². The normalized spacial score (nSPS) is 13.3. The van der Waals surface area contributed by atoms with E-state index in [1.807, 2.05) is 0 Å². The monoisotopic (exact) mass is 640 g/mol. The first kappa shape index (κ1) is 32.9. The van der Waals surface area contributed by atoms with Crippen LogP contribution in [-0.4, -0.2) is 24.3 Å². The van der Waals surface area contributed by atoms with Crippen molar-refractivity contribution in [2.45, 2.75) is 30.7 Å². The Bertz CT molecular complexity index is 1700. The quantitative estimate of drug-likeness (QED) is 0.180. The zero-order valence-corrected chi connectivity index (χ0v) is 22.6. The molecule has 0 radical (unpaired) electrons. The van der Waals surface area contributed by atoms with Gasteiger partial charge in [0.2, 0.25) is 5.91 Å². The largest absolute Gasteiger partial charge is 0.461 e. The first-order chi connectivity index (χ1) is 21.0. The van der Waals surface area contributed by atoms with E-state index in [4.69, 9.17) is 5.73 Å². The van der Waals surface area contributed by atoms with Gasteiger partial charge in [-0.1, -0.05) is 42.5 Å². The standard InChI is InChI=1S/C31H21F9N2O3/c32-22-13-21(14-23(15-22)45-31(39,40)28(34)35)29(16-17-4-2-1-3-5-17,20-9-6-18(7-10-20)26(41)43)42-27(44)19-8-11-25(33)24(12-19)30(36,37)38/h1-15,28H,16H2,(H2,41,43)(H,42,44). The summed E-state index contributed by atoms with van der Waals surface area (Å²) in [5.41, 5.74) is 0.854. The van der Waals surface area contributed by atoms with Gasteiger partial charge in [-0.2, -0.15) is 30.7 Å². The average Bonchev–Trinajstić information content (AvgIpc) is 2.96. The van der Waals surface area contributed by atoms with Gasteiger partial charge in [-0.25, -0.2) is 8.78 Å². The number of nitrogens with one attached hydrogen (secondary N) is 1. The Morgan fingerprint density at radius 2 is 1.40 bits per heavy atom. The Labute approximate surface area is 249 Å². The van der Waals surface area contributed by atoms with Crippen LogP contribution in [0.4, 0.5) is 39.5 Å². The first-order valence-electron chi connectivity index (χ1n) is 12.8. The predicted molar refractivity (Wildman–Crippen MR) is 143 cm³/mol. The van der Waals surface area contributed by atoms with Crippen LogP contribution in [0.5, 0.6) is 5.75 Å². The Hall–Kier alpha value is -5.01. The summed E-state index contributed by atoms with van der Waals surface area (Å²) in [5.74, 6) is -6.12. The molecule has 0 heterocycles. The van der Waals surface area contributed by atoms with Gasteiger partial charge in [-0.15, -0.1) is 0 Å². The molecule has 0 aliphatic carbocycles. The summed E-state index contributed by atoms with van der Waals surface area (Å²) in [5, 5.41) is 2.51. The Kier molecular flexibility index (Phi) is 9.17. The molecule has 0 saturated heterocycles. The molecule has 0 aliphatic rings. The van der Waals surface area contributed by atoms with Crippen molar-refractivity contribution in [1.29, 1.82) is 0 Å². The summed E-state index contributed by atoms with van der Waals surface area (Å²) in [6, 6.07) is 16.2. The lowest BCUT2D eigenvalue weighted by molar-refractivity contribution is -0.253. The van der Waals surface area contributed by atoms with E-state index in [0.29, 0.717) is 17.7 Å². The van der Waals surface area contributed by atoms with E-state index in [9.17, 15) is 49.1 Å². The van der Waals surface area contributed by atoms with Gasteiger partial charge >= 0.3 is 18.7 Å². The van der Waals surface area contributed by atoms with Gasteiger partial charge in [-0.3, -0.25) is 9.59 Å². The second-order valence-corrected chi connectivity index (χ2v) is 9.80. The van der Waals surface area contributed by atoms with Gasteiger partial charge in [0, 0.05) is 23.6 Å². The van der Waals surface area contributed by atoms with Crippen LogP contribution in [0.1, 0.15) is 43.0 Å². The van der Waals surface area contributed by atoms with E-state index in [2.05, 4.69) is 10.1 Å². The number of benzene rings is 4. The molecule has 0 spiro atoms. The van der Waals surface area contributed by atoms with Crippen LogP contribution < -0.4 is 15.8 Å². The van der Waals surface area contributed by atoms with Crippen LogP contribution in [0.2, 0.25) is 0 Å². The highest BCUT2D eigenvalue weighted by Gasteiger charge is 2.45. The van der Waals surface area contributed by atoms with Crippen LogP contribution in [-0.2, 0) is 18.1 Å². The number of ether oxygens (including phenoxy) is 1. The molecule has 0 fully saturated rings. The lowest BCUT2D eigenvalue weighted by Crippen LogP contribution is -2.49. The summed E-state index contributed by atoms with van der Waals surface area (Å²) in [4.78, 5) is 25.4. The maximum absolute atomic E-state index is 15.0. The van der Waals surface area contributed by atoms with Crippen LogP contribution in [0.25, 0.3) is 0 Å². The molecular formula is C31H21F9N2O3. The zero-order chi connectivity index (χ0) is 33.2. The second-order valence-electron chi connectivity index (χ2n) is 9.80. The molecule has 0 aromatic heterocycles. The highest BCUT2D eigenvalue weighted by molar-refractivity contribution is 5.95. The fraction of sp³-hybridized carbons (Fsp3) is 0.161.